The lowest BCUT2D eigenvalue weighted by atomic mass is 10.1. The predicted octanol–water partition coefficient (Wildman–Crippen LogP) is 2.47. The van der Waals surface area contributed by atoms with E-state index in [4.69, 9.17) is 4.74 Å². The van der Waals surface area contributed by atoms with Crippen molar-refractivity contribution in [3.63, 3.8) is 0 Å². The summed E-state index contributed by atoms with van der Waals surface area (Å²) < 4.78 is 5.84. The van der Waals surface area contributed by atoms with Gasteiger partial charge in [-0.2, -0.15) is 0 Å². The van der Waals surface area contributed by atoms with Gasteiger partial charge in [-0.1, -0.05) is 32.1 Å². The van der Waals surface area contributed by atoms with Crippen LogP contribution >= 0.6 is 0 Å². The molecule has 0 saturated heterocycles. The Labute approximate surface area is 136 Å². The molecule has 0 aromatic heterocycles. The number of nitrogens with zero attached hydrogens (tertiary/aromatic N) is 1. The lowest BCUT2D eigenvalue weighted by molar-refractivity contribution is -0.134. The Morgan fingerprint density at radius 3 is 2.61 bits per heavy atom. The lowest BCUT2D eigenvalue weighted by Crippen LogP contribution is -2.24. The third-order valence-electron chi connectivity index (χ3n) is 4.11. The second kappa shape index (κ2) is 7.92. The zero-order valence-electron chi connectivity index (χ0n) is 13.7. The summed E-state index contributed by atoms with van der Waals surface area (Å²) in [6, 6.07) is 0. The van der Waals surface area contributed by atoms with Crippen molar-refractivity contribution in [1.82, 2.24) is 4.90 Å². The van der Waals surface area contributed by atoms with E-state index in [9.17, 15) is 14.7 Å². The smallest absolute Gasteiger partial charge is 0.339 e. The van der Waals surface area contributed by atoms with Gasteiger partial charge in [0.15, 0.2) is 5.78 Å². The summed E-state index contributed by atoms with van der Waals surface area (Å²) in [6.07, 6.45) is 8.00. The first-order chi connectivity index (χ1) is 11.1. The number of carbonyl (C=O) groups is 2. The predicted molar refractivity (Wildman–Crippen MR) is 87.9 cm³/mol. The minimum absolute atomic E-state index is 0.0943. The van der Waals surface area contributed by atoms with Crippen LogP contribution in [0.15, 0.2) is 46.8 Å². The third-order valence-corrected chi connectivity index (χ3v) is 4.11. The standard InChI is InChI=1S/C18H23NO4/c1-3-19(4-2)10-7-11-23-16-9-6-5-8-13-14(16)12-15(20)17(13)18(21)22/h5-6,8-9H,3-4,7,10-12H2,1-2H3,(H,21,22). The summed E-state index contributed by atoms with van der Waals surface area (Å²) in [4.78, 5) is 25.5. The van der Waals surface area contributed by atoms with E-state index in [0.29, 0.717) is 23.5 Å². The van der Waals surface area contributed by atoms with Crippen LogP contribution in [0.5, 0.6) is 0 Å². The number of carboxylic acid groups (broad SMARTS) is 1. The summed E-state index contributed by atoms with van der Waals surface area (Å²) in [6.45, 7) is 7.78. The average molecular weight is 317 g/mol. The molecule has 2 aliphatic carbocycles. The molecule has 0 atom stereocenters. The molecule has 1 N–H and O–H groups in total. The fraction of sp³-hybridized carbons (Fsp3) is 0.444. The Morgan fingerprint density at radius 1 is 1.26 bits per heavy atom. The third kappa shape index (κ3) is 3.99. The van der Waals surface area contributed by atoms with E-state index >= 15 is 0 Å². The largest absolute Gasteiger partial charge is 0.493 e. The second-order valence-corrected chi connectivity index (χ2v) is 5.48. The number of allylic oxidation sites excluding steroid dienone is 6. The van der Waals surface area contributed by atoms with Gasteiger partial charge in [-0.15, -0.1) is 0 Å². The van der Waals surface area contributed by atoms with Gasteiger partial charge < -0.3 is 14.7 Å². The molecule has 0 amide bonds. The number of carboxylic acids is 1. The summed E-state index contributed by atoms with van der Waals surface area (Å²) in [5.74, 6) is -0.923. The van der Waals surface area contributed by atoms with E-state index in [0.717, 1.165) is 26.1 Å². The highest BCUT2D eigenvalue weighted by atomic mass is 16.5. The van der Waals surface area contributed by atoms with Crippen LogP contribution in [0.1, 0.15) is 26.7 Å². The summed E-state index contributed by atoms with van der Waals surface area (Å²) in [5, 5.41) is 9.23. The maximum absolute atomic E-state index is 11.9. The average Bonchev–Trinajstić information content (AvgIpc) is 2.74. The Balaban J connectivity index is 2.09. The van der Waals surface area contributed by atoms with Gasteiger partial charge >= 0.3 is 5.97 Å². The number of fused-ring (bicyclic) bond motifs is 1. The number of rotatable bonds is 8. The fourth-order valence-corrected chi connectivity index (χ4v) is 2.82. The van der Waals surface area contributed by atoms with Crippen LogP contribution in [0.25, 0.3) is 0 Å². The van der Waals surface area contributed by atoms with Crippen molar-refractivity contribution in [2.75, 3.05) is 26.2 Å². The number of ketones is 1. The molecule has 0 radical (unpaired) electrons. The number of ether oxygens (including phenoxy) is 1. The number of aliphatic carboxylic acids is 1. The molecule has 0 saturated carbocycles. The van der Waals surface area contributed by atoms with Gasteiger partial charge in [-0.3, -0.25) is 4.79 Å². The molecule has 0 unspecified atom stereocenters. The molecular formula is C18H23NO4. The first kappa shape index (κ1) is 17.2. The van der Waals surface area contributed by atoms with Gasteiger partial charge in [0.1, 0.15) is 11.3 Å². The van der Waals surface area contributed by atoms with Crippen molar-refractivity contribution >= 4 is 11.8 Å². The quantitative estimate of drug-likeness (QED) is 0.550. The molecule has 23 heavy (non-hydrogen) atoms. The Kier molecular flexibility index (Phi) is 5.93. The van der Waals surface area contributed by atoms with Gasteiger partial charge in [-0.05, 0) is 31.2 Å². The molecule has 0 spiro atoms. The molecular weight excluding hydrogens is 294 g/mol. The zero-order chi connectivity index (χ0) is 16.8. The summed E-state index contributed by atoms with van der Waals surface area (Å²) in [7, 11) is 0. The highest BCUT2D eigenvalue weighted by Gasteiger charge is 2.33. The Morgan fingerprint density at radius 2 is 1.96 bits per heavy atom. The van der Waals surface area contributed by atoms with Crippen LogP contribution in [0.3, 0.4) is 0 Å². The van der Waals surface area contributed by atoms with Crippen molar-refractivity contribution in [3.8, 4) is 0 Å². The molecule has 124 valence electrons. The fourth-order valence-electron chi connectivity index (χ4n) is 2.82. The molecule has 5 heteroatoms. The molecule has 0 aromatic rings. The van der Waals surface area contributed by atoms with Gasteiger partial charge in [0.25, 0.3) is 0 Å². The number of hydrogen-bond acceptors (Lipinski definition) is 4. The molecule has 2 aliphatic rings. The van der Waals surface area contributed by atoms with Crippen molar-refractivity contribution in [1.29, 1.82) is 0 Å². The molecule has 2 rings (SSSR count). The topological polar surface area (TPSA) is 66.8 Å². The first-order valence-corrected chi connectivity index (χ1v) is 8.02. The van der Waals surface area contributed by atoms with E-state index in [-0.39, 0.29) is 17.8 Å². The maximum Gasteiger partial charge on any atom is 0.339 e. The Bertz CT molecular complexity index is 607. The molecule has 0 aliphatic heterocycles. The van der Waals surface area contributed by atoms with Crippen LogP contribution in [0, 0.1) is 0 Å². The van der Waals surface area contributed by atoms with E-state index < -0.39 is 5.97 Å². The molecule has 0 fully saturated rings. The van der Waals surface area contributed by atoms with Crippen molar-refractivity contribution < 1.29 is 19.4 Å². The van der Waals surface area contributed by atoms with Crippen molar-refractivity contribution in [3.05, 3.63) is 46.8 Å². The van der Waals surface area contributed by atoms with Crippen LogP contribution in [0.2, 0.25) is 0 Å². The highest BCUT2D eigenvalue weighted by Crippen LogP contribution is 2.34. The Hall–Kier alpha value is -2.14. The van der Waals surface area contributed by atoms with Crippen LogP contribution in [0.4, 0.5) is 0 Å². The SMILES string of the molecule is CCN(CC)CCCOC1=C2CC(=O)C(C(=O)O)=C2C=CC=C1. The van der Waals surface area contributed by atoms with E-state index in [2.05, 4.69) is 18.7 Å². The van der Waals surface area contributed by atoms with E-state index in [1.807, 2.05) is 6.08 Å². The minimum Gasteiger partial charge on any atom is -0.493 e. The van der Waals surface area contributed by atoms with Crippen LogP contribution in [-0.2, 0) is 14.3 Å². The van der Waals surface area contributed by atoms with Gasteiger partial charge in [0, 0.05) is 18.5 Å². The normalized spacial score (nSPS) is 17.1. The molecule has 5 nitrogen and oxygen atoms in total. The molecule has 0 heterocycles. The second-order valence-electron chi connectivity index (χ2n) is 5.48. The number of carbonyl (C=O) groups excluding carboxylic acids is 1. The van der Waals surface area contributed by atoms with Crippen LogP contribution < -0.4 is 0 Å². The number of hydrogen-bond donors (Lipinski definition) is 1. The summed E-state index contributed by atoms with van der Waals surface area (Å²) >= 11 is 0. The summed E-state index contributed by atoms with van der Waals surface area (Å²) in [5.41, 5.74) is 1.02. The van der Waals surface area contributed by atoms with Crippen molar-refractivity contribution in [2.45, 2.75) is 26.7 Å². The zero-order valence-corrected chi connectivity index (χ0v) is 13.7. The highest BCUT2D eigenvalue weighted by molar-refractivity contribution is 6.21. The van der Waals surface area contributed by atoms with Gasteiger partial charge in [0.05, 0.1) is 6.61 Å². The van der Waals surface area contributed by atoms with Crippen LogP contribution in [-0.4, -0.2) is 48.0 Å². The number of Topliss-reactive ketones (excluding diaryl/α,β-unsaturated/α-hetero) is 1. The maximum atomic E-state index is 11.9. The van der Waals surface area contributed by atoms with Crippen molar-refractivity contribution in [2.24, 2.45) is 0 Å². The minimum atomic E-state index is -1.17. The molecule has 0 aromatic carbocycles. The van der Waals surface area contributed by atoms with E-state index in [1.165, 1.54) is 0 Å². The lowest BCUT2D eigenvalue weighted by Gasteiger charge is -2.18. The van der Waals surface area contributed by atoms with Gasteiger partial charge in [-0.25, -0.2) is 4.79 Å². The van der Waals surface area contributed by atoms with Gasteiger partial charge in [0.2, 0.25) is 0 Å². The monoisotopic (exact) mass is 317 g/mol. The first-order valence-electron chi connectivity index (χ1n) is 8.02. The molecule has 0 bridgehead atoms. The van der Waals surface area contributed by atoms with E-state index in [1.54, 1.807) is 18.2 Å².